The summed E-state index contributed by atoms with van der Waals surface area (Å²) in [5.41, 5.74) is 0.329. The summed E-state index contributed by atoms with van der Waals surface area (Å²) in [6.45, 7) is 0. The highest BCUT2D eigenvalue weighted by Crippen LogP contribution is 2.30. The van der Waals surface area contributed by atoms with Gasteiger partial charge in [-0.05, 0) is 12.1 Å². The molecule has 2 rings (SSSR count). The lowest BCUT2D eigenvalue weighted by Crippen LogP contribution is -2.15. The quantitative estimate of drug-likeness (QED) is 0.389. The minimum absolute atomic E-state index is 0.159. The van der Waals surface area contributed by atoms with Crippen LogP contribution in [0, 0.1) is 40.4 Å². The number of carbonyl (C=O) groups excluding carboxylic acids is 1. The van der Waals surface area contributed by atoms with Crippen LogP contribution in [0.3, 0.4) is 0 Å². The number of thioether (sulfide) groups is 1. The van der Waals surface area contributed by atoms with Crippen molar-refractivity contribution in [3.63, 3.8) is 0 Å². The van der Waals surface area contributed by atoms with E-state index in [1.165, 1.54) is 12.1 Å². The SMILES string of the molecule is N#Cc1ccccc1NC(=O)CSc1c(F)c(F)c(F)c(F)c1F. The van der Waals surface area contributed by atoms with Gasteiger partial charge in [-0.1, -0.05) is 12.1 Å². The standard InChI is InChI=1S/C15H7F5N2OS/c16-10-11(17)13(19)15(14(20)12(10)18)24-6-9(23)22-8-4-2-1-3-7(8)5-21/h1-4H,6H2,(H,22,23). The molecule has 3 nitrogen and oxygen atoms in total. The van der Waals surface area contributed by atoms with Crippen LogP contribution in [0.15, 0.2) is 29.2 Å². The minimum Gasteiger partial charge on any atom is -0.324 e. The van der Waals surface area contributed by atoms with Gasteiger partial charge < -0.3 is 5.32 Å². The predicted molar refractivity (Wildman–Crippen MR) is 76.7 cm³/mol. The van der Waals surface area contributed by atoms with Gasteiger partial charge in [0.1, 0.15) is 6.07 Å². The fraction of sp³-hybridized carbons (Fsp3) is 0.0667. The van der Waals surface area contributed by atoms with Crippen LogP contribution in [0.4, 0.5) is 27.6 Å². The molecule has 1 N–H and O–H groups in total. The third-order valence-corrected chi connectivity index (χ3v) is 3.89. The summed E-state index contributed by atoms with van der Waals surface area (Å²) in [4.78, 5) is 10.6. The zero-order valence-electron chi connectivity index (χ0n) is 11.7. The van der Waals surface area contributed by atoms with E-state index in [0.29, 0.717) is 0 Å². The van der Waals surface area contributed by atoms with Crippen LogP contribution >= 0.6 is 11.8 Å². The summed E-state index contributed by atoms with van der Waals surface area (Å²) in [5, 5.41) is 11.2. The van der Waals surface area contributed by atoms with E-state index in [2.05, 4.69) is 5.32 Å². The van der Waals surface area contributed by atoms with E-state index in [1.807, 2.05) is 6.07 Å². The first-order chi connectivity index (χ1) is 11.4. The van der Waals surface area contributed by atoms with Crippen LogP contribution in [-0.4, -0.2) is 11.7 Å². The number of hydrogen-bond acceptors (Lipinski definition) is 3. The molecular weight excluding hydrogens is 351 g/mol. The maximum atomic E-state index is 13.5. The fourth-order valence-electron chi connectivity index (χ4n) is 1.73. The fourth-order valence-corrected chi connectivity index (χ4v) is 2.51. The van der Waals surface area contributed by atoms with E-state index in [9.17, 15) is 26.7 Å². The first-order valence-electron chi connectivity index (χ1n) is 6.30. The monoisotopic (exact) mass is 358 g/mol. The number of nitrogens with one attached hydrogen (secondary N) is 1. The summed E-state index contributed by atoms with van der Waals surface area (Å²) in [6.07, 6.45) is 0. The Labute approximate surface area is 137 Å². The molecule has 0 spiro atoms. The molecule has 0 unspecified atom stereocenters. The Morgan fingerprint density at radius 3 is 2.12 bits per heavy atom. The van der Waals surface area contributed by atoms with Gasteiger partial charge in [0, 0.05) is 0 Å². The normalized spacial score (nSPS) is 10.3. The van der Waals surface area contributed by atoms with Crippen molar-refractivity contribution in [3.05, 3.63) is 58.9 Å². The van der Waals surface area contributed by atoms with Gasteiger partial charge in [0.2, 0.25) is 11.7 Å². The average molecular weight is 358 g/mol. The molecule has 124 valence electrons. The van der Waals surface area contributed by atoms with Crippen molar-refractivity contribution in [2.24, 2.45) is 0 Å². The highest BCUT2D eigenvalue weighted by atomic mass is 32.2. The first-order valence-corrected chi connectivity index (χ1v) is 7.28. The van der Waals surface area contributed by atoms with Gasteiger partial charge in [0.15, 0.2) is 23.3 Å². The second kappa shape index (κ2) is 7.31. The lowest BCUT2D eigenvalue weighted by atomic mass is 10.2. The van der Waals surface area contributed by atoms with E-state index >= 15 is 0 Å². The van der Waals surface area contributed by atoms with Crippen molar-refractivity contribution in [3.8, 4) is 6.07 Å². The molecular formula is C15H7F5N2OS. The van der Waals surface area contributed by atoms with Crippen molar-refractivity contribution >= 4 is 23.4 Å². The van der Waals surface area contributed by atoms with Gasteiger partial charge in [0.25, 0.3) is 0 Å². The van der Waals surface area contributed by atoms with E-state index in [1.54, 1.807) is 12.1 Å². The predicted octanol–water partition coefficient (Wildman–Crippen LogP) is 3.98. The average Bonchev–Trinajstić information content (AvgIpc) is 2.58. The van der Waals surface area contributed by atoms with E-state index in [4.69, 9.17) is 5.26 Å². The summed E-state index contributed by atoms with van der Waals surface area (Å²) >= 11 is 0.160. The van der Waals surface area contributed by atoms with Gasteiger partial charge in [-0.3, -0.25) is 4.79 Å². The van der Waals surface area contributed by atoms with Crippen molar-refractivity contribution in [1.82, 2.24) is 0 Å². The Kier molecular flexibility index (Phi) is 5.41. The zero-order valence-corrected chi connectivity index (χ0v) is 12.5. The van der Waals surface area contributed by atoms with Crippen LogP contribution in [0.5, 0.6) is 0 Å². The topological polar surface area (TPSA) is 52.9 Å². The highest BCUT2D eigenvalue weighted by molar-refractivity contribution is 8.00. The molecule has 24 heavy (non-hydrogen) atoms. The van der Waals surface area contributed by atoms with Crippen LogP contribution in [0.25, 0.3) is 0 Å². The van der Waals surface area contributed by atoms with E-state index < -0.39 is 45.6 Å². The number of amides is 1. The van der Waals surface area contributed by atoms with E-state index in [0.717, 1.165) is 0 Å². The van der Waals surface area contributed by atoms with Gasteiger partial charge in [-0.2, -0.15) is 5.26 Å². The lowest BCUT2D eigenvalue weighted by Gasteiger charge is -2.09. The van der Waals surface area contributed by atoms with Gasteiger partial charge in [0.05, 0.1) is 21.9 Å². The number of halogens is 5. The molecule has 0 aromatic heterocycles. The number of anilines is 1. The molecule has 0 atom stereocenters. The molecule has 1 amide bonds. The van der Waals surface area contributed by atoms with Crippen molar-refractivity contribution in [2.45, 2.75) is 4.90 Å². The molecule has 0 aliphatic rings. The second-order valence-electron chi connectivity index (χ2n) is 4.39. The van der Waals surface area contributed by atoms with Crippen molar-refractivity contribution < 1.29 is 26.7 Å². The second-order valence-corrected chi connectivity index (χ2v) is 5.38. The van der Waals surface area contributed by atoms with Crippen LogP contribution in [0.1, 0.15) is 5.56 Å². The number of nitriles is 1. The minimum atomic E-state index is -2.26. The zero-order chi connectivity index (χ0) is 17.9. The molecule has 0 heterocycles. The lowest BCUT2D eigenvalue weighted by molar-refractivity contribution is -0.113. The Hall–Kier alpha value is -2.60. The molecule has 0 radical (unpaired) electrons. The molecule has 9 heteroatoms. The van der Waals surface area contributed by atoms with Crippen molar-refractivity contribution in [2.75, 3.05) is 11.1 Å². The maximum Gasteiger partial charge on any atom is 0.234 e. The third kappa shape index (κ3) is 3.49. The first kappa shape index (κ1) is 17.7. The molecule has 0 bridgehead atoms. The van der Waals surface area contributed by atoms with Gasteiger partial charge in [-0.25, -0.2) is 22.0 Å². The van der Waals surface area contributed by atoms with Gasteiger partial charge >= 0.3 is 0 Å². The Morgan fingerprint density at radius 2 is 1.54 bits per heavy atom. The molecule has 2 aromatic rings. The molecule has 0 aliphatic heterocycles. The smallest absolute Gasteiger partial charge is 0.234 e. The number of carbonyl (C=O) groups is 1. The number of nitrogens with zero attached hydrogens (tertiary/aromatic N) is 1. The Balaban J connectivity index is 2.15. The summed E-state index contributed by atoms with van der Waals surface area (Å²) in [6, 6.07) is 7.82. The number of hydrogen-bond donors (Lipinski definition) is 1. The molecule has 0 aliphatic carbocycles. The Bertz CT molecular complexity index is 821. The van der Waals surface area contributed by atoms with Crippen LogP contribution in [-0.2, 0) is 4.79 Å². The number of benzene rings is 2. The van der Waals surface area contributed by atoms with Crippen LogP contribution in [0.2, 0.25) is 0 Å². The highest BCUT2D eigenvalue weighted by Gasteiger charge is 2.26. The molecule has 0 saturated heterocycles. The van der Waals surface area contributed by atoms with Crippen LogP contribution < -0.4 is 5.32 Å². The van der Waals surface area contributed by atoms with Crippen molar-refractivity contribution in [1.29, 1.82) is 5.26 Å². The Morgan fingerprint density at radius 1 is 1.00 bits per heavy atom. The molecule has 0 saturated carbocycles. The van der Waals surface area contributed by atoms with Gasteiger partial charge in [-0.15, -0.1) is 11.8 Å². The number of rotatable bonds is 4. The summed E-state index contributed by atoms with van der Waals surface area (Å²) < 4.78 is 66.0. The number of para-hydroxylation sites is 1. The maximum absolute atomic E-state index is 13.5. The largest absolute Gasteiger partial charge is 0.324 e. The third-order valence-electron chi connectivity index (χ3n) is 2.84. The molecule has 2 aromatic carbocycles. The van der Waals surface area contributed by atoms with E-state index in [-0.39, 0.29) is 23.0 Å². The molecule has 0 fully saturated rings. The summed E-state index contributed by atoms with van der Waals surface area (Å²) in [7, 11) is 0. The summed E-state index contributed by atoms with van der Waals surface area (Å²) in [5.74, 6) is -11.8.